The molecule has 3 rings (SSSR count). The summed E-state index contributed by atoms with van der Waals surface area (Å²) in [6, 6.07) is 8.25. The van der Waals surface area contributed by atoms with E-state index in [-0.39, 0.29) is 74.7 Å². The van der Waals surface area contributed by atoms with Gasteiger partial charge in [0.2, 0.25) is 11.8 Å². The fourth-order valence-corrected chi connectivity index (χ4v) is 5.52. The number of carbonyl (C=O) groups is 3. The zero-order valence-electron chi connectivity index (χ0n) is 23.5. The van der Waals surface area contributed by atoms with E-state index in [0.29, 0.717) is 14.9 Å². The maximum absolute atomic E-state index is 14.7. The summed E-state index contributed by atoms with van der Waals surface area (Å²) in [7, 11) is 1.43. The third-order valence-corrected chi connectivity index (χ3v) is 7.68. The molecule has 0 radical (unpaired) electrons. The average molecular weight is 699 g/mol. The number of Topliss-reactive ketones (excluding diaryl/α,β-unsaturated/α-hetero) is 1. The normalized spacial score (nSPS) is 18.2. The Balaban J connectivity index is 2.04. The minimum Gasteiger partial charge on any atom is -0.493 e. The lowest BCUT2D eigenvalue weighted by Gasteiger charge is -2.41. The first-order chi connectivity index (χ1) is 20.1. The van der Waals surface area contributed by atoms with E-state index >= 15 is 0 Å². The maximum Gasteiger partial charge on any atom is 0.247 e. The summed E-state index contributed by atoms with van der Waals surface area (Å²) < 4.78 is 27.0. The second kappa shape index (κ2) is 16.0. The third-order valence-electron chi connectivity index (χ3n) is 6.88. The fourth-order valence-electron chi connectivity index (χ4n) is 4.73. The number of hydrogen-bond acceptors (Lipinski definition) is 8. The molecule has 2 amide bonds. The van der Waals surface area contributed by atoms with Crippen LogP contribution in [0.2, 0.25) is 0 Å². The molecule has 42 heavy (non-hydrogen) atoms. The van der Waals surface area contributed by atoms with Gasteiger partial charge in [-0.25, -0.2) is 4.39 Å². The number of benzene rings is 2. The van der Waals surface area contributed by atoms with Crippen LogP contribution in [0.3, 0.4) is 0 Å². The molecule has 10 nitrogen and oxygen atoms in total. The number of ketones is 1. The molecule has 3 atom stereocenters. The van der Waals surface area contributed by atoms with E-state index in [1.54, 1.807) is 18.2 Å². The highest BCUT2D eigenvalue weighted by Gasteiger charge is 2.41. The van der Waals surface area contributed by atoms with Gasteiger partial charge in [0.1, 0.15) is 23.8 Å². The van der Waals surface area contributed by atoms with E-state index in [2.05, 4.69) is 5.32 Å². The molecular weight excluding hydrogens is 662 g/mol. The number of aliphatic hydroxyl groups excluding tert-OH is 3. The van der Waals surface area contributed by atoms with Crippen LogP contribution in [0.1, 0.15) is 43.7 Å². The number of hydrogen-bond donors (Lipinski definition) is 4. The van der Waals surface area contributed by atoms with Gasteiger partial charge in [-0.15, -0.1) is 0 Å². The minimum atomic E-state index is -1.35. The molecule has 0 saturated heterocycles. The van der Waals surface area contributed by atoms with Crippen LogP contribution in [-0.4, -0.2) is 76.3 Å². The smallest absolute Gasteiger partial charge is 0.247 e. The maximum atomic E-state index is 14.7. The largest absolute Gasteiger partial charge is 0.493 e. The average Bonchev–Trinajstić information content (AvgIpc) is 2.97. The summed E-state index contributed by atoms with van der Waals surface area (Å²) in [6.45, 7) is 0.723. The second-order valence-corrected chi connectivity index (χ2v) is 11.1. The lowest BCUT2D eigenvalue weighted by Crippen LogP contribution is -2.55. The van der Waals surface area contributed by atoms with Gasteiger partial charge in [-0.3, -0.25) is 9.59 Å². The number of aliphatic hydroxyl groups is 3. The van der Waals surface area contributed by atoms with Crippen molar-refractivity contribution in [3.05, 3.63) is 68.6 Å². The van der Waals surface area contributed by atoms with Crippen molar-refractivity contribution >= 4 is 40.2 Å². The van der Waals surface area contributed by atoms with Crippen LogP contribution in [0, 0.1) is 9.39 Å². The van der Waals surface area contributed by atoms with Crippen molar-refractivity contribution in [2.75, 3.05) is 20.3 Å². The molecule has 0 fully saturated rings. The molecule has 228 valence electrons. The van der Waals surface area contributed by atoms with Crippen LogP contribution in [0.5, 0.6) is 11.5 Å². The Bertz CT molecular complexity index is 1300. The van der Waals surface area contributed by atoms with Crippen LogP contribution in [0.15, 0.2) is 48.0 Å². The van der Waals surface area contributed by atoms with Crippen LogP contribution < -0.4 is 14.8 Å². The summed E-state index contributed by atoms with van der Waals surface area (Å²) in [6.07, 6.45) is -0.637. The zero-order valence-corrected chi connectivity index (χ0v) is 25.7. The van der Waals surface area contributed by atoms with Gasteiger partial charge < -0.3 is 39.8 Å². The summed E-state index contributed by atoms with van der Waals surface area (Å²) in [5.41, 5.74) is 1.01. The lowest BCUT2D eigenvalue weighted by atomic mass is 9.87. The highest BCUT2D eigenvalue weighted by molar-refractivity contribution is 14.1. The zero-order chi connectivity index (χ0) is 30.8. The van der Waals surface area contributed by atoms with Crippen molar-refractivity contribution in [3.8, 4) is 11.5 Å². The second-order valence-electron chi connectivity index (χ2n) is 9.95. The summed E-state index contributed by atoms with van der Waals surface area (Å²) in [5, 5.41) is 33.0. The number of carbonyl (C=O) groups excluding carboxylic acids is 3. The fraction of sp³-hybridized carbons (Fsp3) is 0.433. The topological polar surface area (TPSA) is 146 Å². The van der Waals surface area contributed by atoms with E-state index in [1.807, 2.05) is 22.6 Å². The number of halogens is 2. The van der Waals surface area contributed by atoms with Gasteiger partial charge in [-0.1, -0.05) is 18.2 Å². The number of ether oxygens (including phenoxy) is 2. The van der Waals surface area contributed by atoms with Crippen molar-refractivity contribution in [2.24, 2.45) is 0 Å². The predicted octanol–water partition coefficient (Wildman–Crippen LogP) is 2.63. The molecular formula is C30H36FIN2O8. The van der Waals surface area contributed by atoms with Crippen molar-refractivity contribution in [2.45, 2.75) is 64.0 Å². The summed E-state index contributed by atoms with van der Waals surface area (Å²) >= 11 is 2.01. The van der Waals surface area contributed by atoms with Gasteiger partial charge in [-0.05, 0) is 65.8 Å². The predicted molar refractivity (Wildman–Crippen MR) is 160 cm³/mol. The van der Waals surface area contributed by atoms with Crippen molar-refractivity contribution in [3.63, 3.8) is 0 Å². The Morgan fingerprint density at radius 3 is 2.55 bits per heavy atom. The monoisotopic (exact) mass is 698 g/mol. The molecule has 2 aromatic rings. The van der Waals surface area contributed by atoms with Crippen LogP contribution >= 0.6 is 22.6 Å². The van der Waals surface area contributed by atoms with E-state index in [4.69, 9.17) is 9.47 Å². The van der Waals surface area contributed by atoms with Crippen molar-refractivity contribution in [1.29, 1.82) is 0 Å². The highest BCUT2D eigenvalue weighted by Crippen LogP contribution is 2.37. The molecule has 1 aliphatic rings. The molecule has 12 heteroatoms. The molecule has 4 N–H and O–H groups in total. The van der Waals surface area contributed by atoms with Crippen LogP contribution in [-0.2, 0) is 27.5 Å². The summed E-state index contributed by atoms with van der Waals surface area (Å²) in [4.78, 5) is 39.5. The number of rotatable bonds is 14. The lowest BCUT2D eigenvalue weighted by molar-refractivity contribution is -0.139. The number of amides is 2. The first kappa shape index (κ1) is 33.4. The van der Waals surface area contributed by atoms with Gasteiger partial charge in [-0.2, -0.15) is 0 Å². The van der Waals surface area contributed by atoms with E-state index in [1.165, 1.54) is 43.2 Å². The highest BCUT2D eigenvalue weighted by atomic mass is 127. The van der Waals surface area contributed by atoms with Gasteiger partial charge >= 0.3 is 0 Å². The van der Waals surface area contributed by atoms with Crippen molar-refractivity contribution in [1.82, 2.24) is 10.2 Å². The molecule has 0 saturated carbocycles. The standard InChI is InChI=1S/C30H36FIN2O8/c1-18(37)6-5-9-27(38)34(16-20-7-3-4-8-22(20)31)24-14-21(30(40)33-10-11-35)15-25(28(24)39)42-29-23(32)12-19(17-36)13-26(29)41-2/h3-4,7-8,12-13,15,24-25,28,35-36,39H,5-6,9-11,14,16-17H2,1-2H3,(H,33,40). The van der Waals surface area contributed by atoms with E-state index in [9.17, 15) is 34.1 Å². The summed E-state index contributed by atoms with van der Waals surface area (Å²) in [5.74, 6) is -0.975. The van der Waals surface area contributed by atoms with Crippen molar-refractivity contribution < 1.29 is 43.6 Å². The number of methoxy groups -OCH3 is 1. The molecule has 0 aliphatic heterocycles. The van der Waals surface area contributed by atoms with Gasteiger partial charge in [0, 0.05) is 43.5 Å². The Labute approximate surface area is 257 Å². The Kier molecular flexibility index (Phi) is 12.7. The van der Waals surface area contributed by atoms with Crippen LogP contribution in [0.25, 0.3) is 0 Å². The van der Waals surface area contributed by atoms with E-state index in [0.717, 1.165) is 0 Å². The molecule has 3 unspecified atom stereocenters. The third kappa shape index (κ3) is 8.72. The molecule has 2 aromatic carbocycles. The molecule has 0 heterocycles. The number of nitrogens with zero attached hydrogens (tertiary/aromatic N) is 1. The minimum absolute atomic E-state index is 0.00776. The van der Waals surface area contributed by atoms with Gasteiger partial charge in [0.15, 0.2) is 11.5 Å². The first-order valence-electron chi connectivity index (χ1n) is 13.5. The number of nitrogens with one attached hydrogen (secondary N) is 1. The molecule has 0 spiro atoms. The SMILES string of the molecule is COc1cc(CO)cc(I)c1OC1C=C(C(=O)NCCO)CC(N(Cc2ccccc2F)C(=O)CCCC(C)=O)C1O. The Morgan fingerprint density at radius 2 is 1.90 bits per heavy atom. The first-order valence-corrected chi connectivity index (χ1v) is 14.6. The molecule has 0 bridgehead atoms. The van der Waals surface area contributed by atoms with Gasteiger partial charge in [0.05, 0.1) is 29.9 Å². The Morgan fingerprint density at radius 1 is 1.17 bits per heavy atom. The van der Waals surface area contributed by atoms with Gasteiger partial charge in [0.25, 0.3) is 0 Å². The van der Waals surface area contributed by atoms with Crippen LogP contribution in [0.4, 0.5) is 4.39 Å². The molecule has 0 aromatic heterocycles. The van der Waals surface area contributed by atoms with E-state index < -0.39 is 35.9 Å². The Hall–Kier alpha value is -3.07. The molecule has 1 aliphatic carbocycles. The quantitative estimate of drug-likeness (QED) is 0.221.